The molecule has 5 heterocycles. The number of nitrogens with one attached hydrogen (secondary N) is 1. The van der Waals surface area contributed by atoms with Crippen molar-refractivity contribution < 1.29 is 9.53 Å². The van der Waals surface area contributed by atoms with Gasteiger partial charge in [-0.25, -0.2) is 4.79 Å². The standard InChI is InChI=1S/C20H29N7O2/c28-20(22-15-12-21-25(13-15)14-16-6-5-11-29-16)26-9-3-1-7-17(26)19-24-23-18-8-2-4-10-27(18)19/h12-13,16-17H,1-11,14H2,(H,22,28)/t16-,17-/m1/s1. The van der Waals surface area contributed by atoms with Crippen LogP contribution < -0.4 is 5.32 Å². The van der Waals surface area contributed by atoms with Gasteiger partial charge in [-0.15, -0.1) is 10.2 Å². The van der Waals surface area contributed by atoms with Crippen LogP contribution in [0, 0.1) is 0 Å². The van der Waals surface area contributed by atoms with E-state index in [9.17, 15) is 4.79 Å². The lowest BCUT2D eigenvalue weighted by Gasteiger charge is -2.35. The summed E-state index contributed by atoms with van der Waals surface area (Å²) in [6, 6.07) is -0.0930. The highest BCUT2D eigenvalue weighted by Gasteiger charge is 2.33. The zero-order valence-electron chi connectivity index (χ0n) is 16.8. The Bertz CT molecular complexity index is 855. The van der Waals surface area contributed by atoms with Crippen molar-refractivity contribution in [1.29, 1.82) is 0 Å². The maximum Gasteiger partial charge on any atom is 0.322 e. The topological polar surface area (TPSA) is 90.1 Å². The Kier molecular flexibility index (Phi) is 5.22. The van der Waals surface area contributed by atoms with Gasteiger partial charge < -0.3 is 19.5 Å². The van der Waals surface area contributed by atoms with Crippen molar-refractivity contribution in [1.82, 2.24) is 29.4 Å². The van der Waals surface area contributed by atoms with Crippen molar-refractivity contribution in [3.63, 3.8) is 0 Å². The van der Waals surface area contributed by atoms with E-state index in [-0.39, 0.29) is 18.2 Å². The fraction of sp³-hybridized carbons (Fsp3) is 0.700. The molecule has 2 saturated heterocycles. The second kappa shape index (κ2) is 8.14. The van der Waals surface area contributed by atoms with Crippen LogP contribution in [0.25, 0.3) is 0 Å². The molecule has 0 aliphatic carbocycles. The Morgan fingerprint density at radius 1 is 1.14 bits per heavy atom. The van der Waals surface area contributed by atoms with Crippen LogP contribution in [-0.2, 0) is 24.2 Å². The largest absolute Gasteiger partial charge is 0.376 e. The van der Waals surface area contributed by atoms with Gasteiger partial charge in [0, 0.05) is 32.3 Å². The van der Waals surface area contributed by atoms with Crippen LogP contribution in [0.2, 0.25) is 0 Å². The number of aryl methyl sites for hydroxylation is 1. The first kappa shape index (κ1) is 18.6. The molecule has 2 atom stereocenters. The predicted octanol–water partition coefficient (Wildman–Crippen LogP) is 2.75. The molecule has 156 valence electrons. The number of hydrogen-bond donors (Lipinski definition) is 1. The van der Waals surface area contributed by atoms with Gasteiger partial charge in [0.1, 0.15) is 5.82 Å². The van der Waals surface area contributed by atoms with Gasteiger partial charge in [-0.2, -0.15) is 5.10 Å². The second-order valence-corrected chi connectivity index (χ2v) is 8.30. The third kappa shape index (κ3) is 3.88. The molecule has 0 spiro atoms. The lowest BCUT2D eigenvalue weighted by molar-refractivity contribution is 0.0940. The zero-order valence-corrected chi connectivity index (χ0v) is 16.8. The van der Waals surface area contributed by atoms with Crippen molar-refractivity contribution >= 4 is 11.7 Å². The summed E-state index contributed by atoms with van der Waals surface area (Å²) in [4.78, 5) is 15.0. The van der Waals surface area contributed by atoms with E-state index in [0.717, 1.165) is 88.5 Å². The van der Waals surface area contributed by atoms with Crippen LogP contribution in [0.4, 0.5) is 10.5 Å². The van der Waals surface area contributed by atoms with Crippen molar-refractivity contribution in [2.45, 2.75) is 76.6 Å². The first-order chi connectivity index (χ1) is 14.3. The van der Waals surface area contributed by atoms with Gasteiger partial charge in [-0.05, 0) is 44.9 Å². The van der Waals surface area contributed by atoms with Crippen LogP contribution in [0.3, 0.4) is 0 Å². The number of ether oxygens (including phenoxy) is 1. The highest BCUT2D eigenvalue weighted by molar-refractivity contribution is 5.89. The fourth-order valence-electron chi connectivity index (χ4n) is 4.74. The van der Waals surface area contributed by atoms with Gasteiger partial charge in [0.15, 0.2) is 5.82 Å². The Morgan fingerprint density at radius 2 is 2.07 bits per heavy atom. The molecule has 2 aromatic heterocycles. The van der Waals surface area contributed by atoms with Crippen LogP contribution in [0.15, 0.2) is 12.4 Å². The van der Waals surface area contributed by atoms with E-state index in [2.05, 4.69) is 25.2 Å². The number of nitrogens with zero attached hydrogens (tertiary/aromatic N) is 6. The highest BCUT2D eigenvalue weighted by Crippen LogP contribution is 2.32. The summed E-state index contributed by atoms with van der Waals surface area (Å²) in [5.41, 5.74) is 0.723. The van der Waals surface area contributed by atoms with Crippen LogP contribution in [-0.4, -0.2) is 54.7 Å². The minimum atomic E-state index is -0.0838. The Labute approximate surface area is 170 Å². The maximum absolute atomic E-state index is 13.1. The molecule has 2 aromatic rings. The second-order valence-electron chi connectivity index (χ2n) is 8.30. The quantitative estimate of drug-likeness (QED) is 0.854. The molecule has 0 unspecified atom stereocenters. The van der Waals surface area contributed by atoms with Crippen molar-refractivity contribution in [2.24, 2.45) is 0 Å². The van der Waals surface area contributed by atoms with Crippen molar-refractivity contribution in [3.05, 3.63) is 24.0 Å². The molecule has 0 radical (unpaired) electrons. The van der Waals surface area contributed by atoms with E-state index in [1.807, 2.05) is 15.8 Å². The van der Waals surface area contributed by atoms with Gasteiger partial charge in [0.25, 0.3) is 0 Å². The number of aromatic nitrogens is 5. The highest BCUT2D eigenvalue weighted by atomic mass is 16.5. The molecule has 9 heteroatoms. The van der Waals surface area contributed by atoms with Crippen LogP contribution in [0.5, 0.6) is 0 Å². The maximum atomic E-state index is 13.1. The molecule has 0 saturated carbocycles. The first-order valence-electron chi connectivity index (χ1n) is 10.9. The van der Waals surface area contributed by atoms with Gasteiger partial charge in [-0.3, -0.25) is 4.68 Å². The summed E-state index contributed by atoms with van der Waals surface area (Å²) in [5, 5.41) is 16.3. The molecule has 3 aliphatic rings. The molecular formula is C20H29N7O2. The molecule has 5 rings (SSSR count). The number of hydrogen-bond acceptors (Lipinski definition) is 5. The fourth-order valence-corrected chi connectivity index (χ4v) is 4.74. The van der Waals surface area contributed by atoms with Crippen LogP contribution >= 0.6 is 0 Å². The molecule has 1 N–H and O–H groups in total. The number of rotatable bonds is 4. The number of carbonyl (C=O) groups is 1. The Balaban J connectivity index is 1.28. The molecule has 3 aliphatic heterocycles. The summed E-state index contributed by atoms with van der Waals surface area (Å²) >= 11 is 0. The number of piperidine rings is 1. The number of carbonyl (C=O) groups excluding carboxylic acids is 1. The third-order valence-corrected chi connectivity index (χ3v) is 6.25. The van der Waals surface area contributed by atoms with E-state index in [4.69, 9.17) is 4.74 Å². The van der Waals surface area contributed by atoms with Gasteiger partial charge >= 0.3 is 6.03 Å². The summed E-state index contributed by atoms with van der Waals surface area (Å²) < 4.78 is 9.76. The van der Waals surface area contributed by atoms with E-state index in [1.54, 1.807) is 6.20 Å². The molecule has 2 amide bonds. The smallest absolute Gasteiger partial charge is 0.322 e. The Morgan fingerprint density at radius 3 is 2.97 bits per heavy atom. The van der Waals surface area contributed by atoms with E-state index >= 15 is 0 Å². The van der Waals surface area contributed by atoms with E-state index < -0.39 is 0 Å². The lowest BCUT2D eigenvalue weighted by atomic mass is 10.0. The summed E-state index contributed by atoms with van der Waals surface area (Å²) in [6.07, 6.45) is 12.4. The Hall–Kier alpha value is -2.42. The molecule has 2 fully saturated rings. The number of anilines is 1. The predicted molar refractivity (Wildman–Crippen MR) is 106 cm³/mol. The molecule has 0 bridgehead atoms. The van der Waals surface area contributed by atoms with E-state index in [0.29, 0.717) is 0 Å². The van der Waals surface area contributed by atoms with Gasteiger partial charge in [0.05, 0.1) is 30.6 Å². The van der Waals surface area contributed by atoms with Crippen molar-refractivity contribution in [2.75, 3.05) is 18.5 Å². The minimum Gasteiger partial charge on any atom is -0.376 e. The summed E-state index contributed by atoms with van der Waals surface area (Å²) in [7, 11) is 0. The monoisotopic (exact) mass is 399 g/mol. The first-order valence-corrected chi connectivity index (χ1v) is 10.9. The number of fused-ring (bicyclic) bond motifs is 1. The van der Waals surface area contributed by atoms with Crippen molar-refractivity contribution in [3.8, 4) is 0 Å². The number of amides is 2. The summed E-state index contributed by atoms with van der Waals surface area (Å²) in [6.45, 7) is 3.26. The number of likely N-dealkylation sites (tertiary alicyclic amines) is 1. The van der Waals surface area contributed by atoms with Gasteiger partial charge in [0.2, 0.25) is 0 Å². The average Bonchev–Trinajstić information content (AvgIpc) is 3.50. The normalized spacial score (nSPS) is 24.5. The molecule has 9 nitrogen and oxygen atoms in total. The molecule has 0 aromatic carbocycles. The average molecular weight is 399 g/mol. The molecular weight excluding hydrogens is 370 g/mol. The van der Waals surface area contributed by atoms with Crippen LogP contribution in [0.1, 0.15) is 62.6 Å². The minimum absolute atomic E-state index is 0.00923. The van der Waals surface area contributed by atoms with E-state index in [1.165, 1.54) is 6.42 Å². The lowest BCUT2D eigenvalue weighted by Crippen LogP contribution is -2.42. The third-order valence-electron chi connectivity index (χ3n) is 6.25. The summed E-state index contributed by atoms with van der Waals surface area (Å²) in [5.74, 6) is 2.01. The molecule has 29 heavy (non-hydrogen) atoms. The van der Waals surface area contributed by atoms with Gasteiger partial charge in [-0.1, -0.05) is 0 Å². The zero-order chi connectivity index (χ0) is 19.6. The SMILES string of the molecule is O=C(Nc1cnn(C[C@H]2CCCO2)c1)N1CCCC[C@@H]1c1nnc2n1CCCC2. The number of urea groups is 1.